The van der Waals surface area contributed by atoms with E-state index in [0.29, 0.717) is 18.9 Å². The van der Waals surface area contributed by atoms with E-state index in [4.69, 9.17) is 5.73 Å². The van der Waals surface area contributed by atoms with Crippen molar-refractivity contribution in [3.8, 4) is 0 Å². The Morgan fingerprint density at radius 1 is 1.59 bits per heavy atom. The predicted octanol–water partition coefficient (Wildman–Crippen LogP) is 0.868. The highest BCUT2D eigenvalue weighted by atomic mass is 16.1. The summed E-state index contributed by atoms with van der Waals surface area (Å²) in [5, 5.41) is 2.89. The van der Waals surface area contributed by atoms with Gasteiger partial charge in [0.25, 0.3) is 0 Å². The van der Waals surface area contributed by atoms with E-state index in [9.17, 15) is 4.79 Å². The number of aryl methyl sites for hydroxylation is 1. The molecule has 0 aliphatic heterocycles. The molecule has 0 radical (unpaired) electrons. The molecule has 0 aromatic carbocycles. The van der Waals surface area contributed by atoms with Gasteiger partial charge in [0.2, 0.25) is 5.91 Å². The van der Waals surface area contributed by atoms with Crippen molar-refractivity contribution in [1.29, 1.82) is 0 Å². The van der Waals surface area contributed by atoms with Crippen molar-refractivity contribution in [2.45, 2.75) is 31.7 Å². The number of carbonyl (C=O) groups excluding carboxylic acids is 1. The first-order valence-corrected chi connectivity index (χ1v) is 6.17. The molecule has 1 atom stereocenters. The van der Waals surface area contributed by atoms with Gasteiger partial charge in [-0.3, -0.25) is 9.78 Å². The van der Waals surface area contributed by atoms with Crippen molar-refractivity contribution in [2.24, 2.45) is 11.7 Å². The summed E-state index contributed by atoms with van der Waals surface area (Å²) in [7, 11) is 0. The van der Waals surface area contributed by atoms with Crippen molar-refractivity contribution < 1.29 is 4.79 Å². The lowest BCUT2D eigenvalue weighted by atomic mass is 10.1. The number of nitrogens with zero attached hydrogens (tertiary/aromatic N) is 1. The van der Waals surface area contributed by atoms with Gasteiger partial charge in [0.15, 0.2) is 0 Å². The van der Waals surface area contributed by atoms with Crippen LogP contribution < -0.4 is 11.1 Å². The SMILES string of the molecule is NC(CNC(=O)CCc1cccnc1)C1CC1. The Balaban J connectivity index is 1.63. The molecule has 1 unspecified atom stereocenters. The van der Waals surface area contributed by atoms with Crippen LogP contribution >= 0.6 is 0 Å². The van der Waals surface area contributed by atoms with Crippen molar-refractivity contribution in [3.05, 3.63) is 30.1 Å². The number of rotatable bonds is 6. The largest absolute Gasteiger partial charge is 0.355 e. The lowest BCUT2D eigenvalue weighted by Crippen LogP contribution is -2.38. The third-order valence-corrected chi connectivity index (χ3v) is 3.13. The van der Waals surface area contributed by atoms with Gasteiger partial charge in [-0.1, -0.05) is 6.07 Å². The zero-order chi connectivity index (χ0) is 12.1. The summed E-state index contributed by atoms with van der Waals surface area (Å²) >= 11 is 0. The second kappa shape index (κ2) is 5.77. The number of amides is 1. The second-order valence-corrected chi connectivity index (χ2v) is 4.67. The highest BCUT2D eigenvalue weighted by Gasteiger charge is 2.28. The van der Waals surface area contributed by atoms with Crippen molar-refractivity contribution in [3.63, 3.8) is 0 Å². The maximum absolute atomic E-state index is 11.6. The van der Waals surface area contributed by atoms with Crippen molar-refractivity contribution in [2.75, 3.05) is 6.54 Å². The Morgan fingerprint density at radius 2 is 2.41 bits per heavy atom. The van der Waals surface area contributed by atoms with Crippen LogP contribution in [-0.4, -0.2) is 23.5 Å². The number of aromatic nitrogens is 1. The molecule has 4 heteroatoms. The first-order valence-electron chi connectivity index (χ1n) is 6.17. The van der Waals surface area contributed by atoms with E-state index >= 15 is 0 Å². The van der Waals surface area contributed by atoms with Gasteiger partial charge < -0.3 is 11.1 Å². The molecule has 92 valence electrons. The third-order valence-electron chi connectivity index (χ3n) is 3.13. The number of hydrogen-bond donors (Lipinski definition) is 2. The molecule has 1 aliphatic rings. The van der Waals surface area contributed by atoms with E-state index in [1.165, 1.54) is 12.8 Å². The van der Waals surface area contributed by atoms with Crippen molar-refractivity contribution in [1.82, 2.24) is 10.3 Å². The van der Waals surface area contributed by atoms with Gasteiger partial charge in [0.05, 0.1) is 0 Å². The smallest absolute Gasteiger partial charge is 0.220 e. The summed E-state index contributed by atoms with van der Waals surface area (Å²) < 4.78 is 0. The minimum Gasteiger partial charge on any atom is -0.355 e. The van der Waals surface area contributed by atoms with Gasteiger partial charge in [0, 0.05) is 31.4 Å². The van der Waals surface area contributed by atoms with E-state index in [-0.39, 0.29) is 11.9 Å². The topological polar surface area (TPSA) is 68.0 Å². The van der Waals surface area contributed by atoms with E-state index in [1.807, 2.05) is 12.1 Å². The standard InChI is InChI=1S/C13H19N3O/c14-12(11-4-5-11)9-16-13(17)6-3-10-2-1-7-15-8-10/h1-2,7-8,11-12H,3-6,9,14H2,(H,16,17). The number of carbonyl (C=O) groups is 1. The summed E-state index contributed by atoms with van der Waals surface area (Å²) in [5.41, 5.74) is 7.00. The van der Waals surface area contributed by atoms with Crippen LogP contribution in [0.15, 0.2) is 24.5 Å². The summed E-state index contributed by atoms with van der Waals surface area (Å²) in [6.45, 7) is 0.608. The van der Waals surface area contributed by atoms with Crippen LogP contribution in [-0.2, 0) is 11.2 Å². The Bertz CT molecular complexity index is 362. The molecule has 0 saturated heterocycles. The lowest BCUT2D eigenvalue weighted by Gasteiger charge is -2.11. The molecule has 1 aromatic heterocycles. The second-order valence-electron chi connectivity index (χ2n) is 4.67. The number of hydrogen-bond acceptors (Lipinski definition) is 3. The van der Waals surface area contributed by atoms with E-state index in [0.717, 1.165) is 12.0 Å². The maximum atomic E-state index is 11.6. The Hall–Kier alpha value is -1.42. The number of nitrogens with two attached hydrogens (primary N) is 1. The highest BCUT2D eigenvalue weighted by molar-refractivity contribution is 5.76. The van der Waals surface area contributed by atoms with Gasteiger partial charge in [-0.25, -0.2) is 0 Å². The molecule has 0 spiro atoms. The lowest BCUT2D eigenvalue weighted by molar-refractivity contribution is -0.121. The molecule has 1 heterocycles. The maximum Gasteiger partial charge on any atom is 0.220 e. The van der Waals surface area contributed by atoms with Crippen LogP contribution in [0.25, 0.3) is 0 Å². The molecule has 1 aromatic rings. The van der Waals surface area contributed by atoms with Crippen LogP contribution in [0.5, 0.6) is 0 Å². The van der Waals surface area contributed by atoms with Gasteiger partial charge in [-0.15, -0.1) is 0 Å². The minimum absolute atomic E-state index is 0.0740. The average Bonchev–Trinajstić information content (AvgIpc) is 3.19. The van der Waals surface area contributed by atoms with Crippen LogP contribution in [0.3, 0.4) is 0 Å². The predicted molar refractivity (Wildman–Crippen MR) is 66.3 cm³/mol. The molecule has 0 bridgehead atoms. The third kappa shape index (κ3) is 4.15. The molecule has 1 saturated carbocycles. The van der Waals surface area contributed by atoms with E-state index in [1.54, 1.807) is 12.4 Å². The fourth-order valence-electron chi connectivity index (χ4n) is 1.81. The van der Waals surface area contributed by atoms with Crippen molar-refractivity contribution >= 4 is 5.91 Å². The molecule has 17 heavy (non-hydrogen) atoms. The van der Waals surface area contributed by atoms with Gasteiger partial charge in [0.1, 0.15) is 0 Å². The summed E-state index contributed by atoms with van der Waals surface area (Å²) in [6, 6.07) is 4.00. The first-order chi connectivity index (χ1) is 8.25. The fraction of sp³-hybridized carbons (Fsp3) is 0.538. The molecular formula is C13H19N3O. The molecule has 4 nitrogen and oxygen atoms in total. The summed E-state index contributed by atoms with van der Waals surface area (Å²) in [4.78, 5) is 15.6. The molecule has 1 fully saturated rings. The Morgan fingerprint density at radius 3 is 3.06 bits per heavy atom. The number of nitrogens with one attached hydrogen (secondary N) is 1. The van der Waals surface area contributed by atoms with Crippen LogP contribution in [0, 0.1) is 5.92 Å². The van der Waals surface area contributed by atoms with E-state index in [2.05, 4.69) is 10.3 Å². The quantitative estimate of drug-likeness (QED) is 0.766. The zero-order valence-corrected chi connectivity index (χ0v) is 9.93. The van der Waals surface area contributed by atoms with Gasteiger partial charge >= 0.3 is 0 Å². The fourth-order valence-corrected chi connectivity index (χ4v) is 1.81. The monoisotopic (exact) mass is 233 g/mol. The van der Waals surface area contributed by atoms with Crippen LogP contribution in [0.1, 0.15) is 24.8 Å². The molecule has 3 N–H and O–H groups in total. The summed E-state index contributed by atoms with van der Waals surface area (Å²) in [6.07, 6.45) is 7.20. The highest BCUT2D eigenvalue weighted by Crippen LogP contribution is 2.31. The van der Waals surface area contributed by atoms with Gasteiger partial charge in [-0.2, -0.15) is 0 Å². The summed E-state index contributed by atoms with van der Waals surface area (Å²) in [5.74, 6) is 0.707. The van der Waals surface area contributed by atoms with Crippen LogP contribution in [0.2, 0.25) is 0 Å². The molecule has 1 amide bonds. The number of pyridine rings is 1. The minimum atomic E-state index is 0.0740. The zero-order valence-electron chi connectivity index (χ0n) is 9.93. The Kier molecular flexibility index (Phi) is 4.09. The van der Waals surface area contributed by atoms with Crippen LogP contribution in [0.4, 0.5) is 0 Å². The average molecular weight is 233 g/mol. The molecular weight excluding hydrogens is 214 g/mol. The van der Waals surface area contributed by atoms with Gasteiger partial charge in [-0.05, 0) is 36.8 Å². The Labute approximate surface area is 102 Å². The normalized spacial score (nSPS) is 16.5. The molecule has 1 aliphatic carbocycles. The first kappa shape index (κ1) is 12.0. The molecule has 2 rings (SSSR count). The van der Waals surface area contributed by atoms with E-state index < -0.39 is 0 Å².